The fraction of sp³-hybridized carbons (Fsp3) is 0.385. The highest BCUT2D eigenvalue weighted by Crippen LogP contribution is 2.40. The molecule has 184 valence electrons. The molecule has 3 aromatic rings. The first-order chi connectivity index (χ1) is 16.7. The normalized spacial score (nSPS) is 18.9. The van der Waals surface area contributed by atoms with Crippen molar-refractivity contribution in [2.45, 2.75) is 38.6 Å². The third-order valence-electron chi connectivity index (χ3n) is 6.55. The Morgan fingerprint density at radius 2 is 1.80 bits per heavy atom. The summed E-state index contributed by atoms with van der Waals surface area (Å²) in [7, 11) is 3.66. The number of rotatable bonds is 8. The van der Waals surface area contributed by atoms with Crippen molar-refractivity contribution < 1.29 is 19.5 Å². The van der Waals surface area contributed by atoms with E-state index in [0.29, 0.717) is 22.9 Å². The number of thiophene rings is 1. The van der Waals surface area contributed by atoms with Gasteiger partial charge in [0.2, 0.25) is 0 Å². The second-order valence-corrected chi connectivity index (χ2v) is 11.1. The highest BCUT2D eigenvalue weighted by molar-refractivity contribution is 7.17. The molecule has 2 heterocycles. The molecule has 35 heavy (non-hydrogen) atoms. The molecule has 0 bridgehead atoms. The molecule has 0 spiro atoms. The van der Waals surface area contributed by atoms with Gasteiger partial charge in [-0.15, -0.1) is 22.7 Å². The molecule has 1 unspecified atom stereocenters. The third-order valence-corrected chi connectivity index (χ3v) is 8.32. The van der Waals surface area contributed by atoms with Crippen LogP contribution in [-0.2, 0) is 4.79 Å². The molecule has 1 atom stereocenters. The van der Waals surface area contributed by atoms with Crippen LogP contribution in [0.4, 0.5) is 5.69 Å². The molecule has 9 heteroatoms. The van der Waals surface area contributed by atoms with Crippen molar-refractivity contribution in [2.24, 2.45) is 11.8 Å². The van der Waals surface area contributed by atoms with Crippen LogP contribution in [0.5, 0.6) is 0 Å². The number of amides is 1. The number of carbonyl (C=O) groups is 3. The molecule has 1 fully saturated rings. The van der Waals surface area contributed by atoms with E-state index >= 15 is 0 Å². The van der Waals surface area contributed by atoms with Crippen LogP contribution in [0.1, 0.15) is 64.4 Å². The Balaban J connectivity index is 1.59. The zero-order chi connectivity index (χ0) is 25.1. The Bertz CT molecular complexity index is 1190. The largest absolute Gasteiger partial charge is 0.477 e. The van der Waals surface area contributed by atoms with Crippen molar-refractivity contribution in [3.63, 3.8) is 0 Å². The van der Waals surface area contributed by atoms with Gasteiger partial charge in [-0.2, -0.15) is 0 Å². The van der Waals surface area contributed by atoms with Crippen LogP contribution in [0, 0.1) is 11.8 Å². The van der Waals surface area contributed by atoms with Gasteiger partial charge in [-0.1, -0.05) is 31.9 Å². The number of hydrogen-bond donors (Lipinski definition) is 2. The molecule has 0 saturated heterocycles. The number of nitrogens with one attached hydrogen (secondary N) is 1. The molecular weight excluding hydrogens is 482 g/mol. The van der Waals surface area contributed by atoms with E-state index in [1.165, 1.54) is 22.7 Å². The van der Waals surface area contributed by atoms with E-state index in [-0.39, 0.29) is 22.5 Å². The fourth-order valence-corrected chi connectivity index (χ4v) is 6.18. The Hall–Kier alpha value is -2.88. The molecule has 1 aromatic carbocycles. The molecule has 1 aliphatic carbocycles. The van der Waals surface area contributed by atoms with Crippen molar-refractivity contribution in [3.8, 4) is 10.4 Å². The molecule has 2 N–H and O–H groups in total. The van der Waals surface area contributed by atoms with E-state index in [0.717, 1.165) is 36.1 Å². The van der Waals surface area contributed by atoms with Crippen LogP contribution in [-0.4, -0.2) is 46.7 Å². The van der Waals surface area contributed by atoms with Crippen LogP contribution >= 0.6 is 22.7 Å². The lowest BCUT2D eigenvalue weighted by Crippen LogP contribution is -2.34. The lowest BCUT2D eigenvalue weighted by molar-refractivity contribution is -0.128. The summed E-state index contributed by atoms with van der Waals surface area (Å²) in [6.07, 6.45) is 3.78. The van der Waals surface area contributed by atoms with Crippen molar-refractivity contribution in [3.05, 3.63) is 57.4 Å². The summed E-state index contributed by atoms with van der Waals surface area (Å²) >= 11 is 2.53. The smallest absolute Gasteiger partial charge is 0.346 e. The maximum atomic E-state index is 13.5. The standard InChI is InChI=1S/C26H29N3O4S2/c1-15-4-6-17(7-5-15)23(30)22(29(2)3)19-12-21(35-24(19)26(32)33)16-8-10-18(11-9-16)28-25(31)20-13-34-14-27-20/h8-15,17,22H,4-7H2,1-3H3,(H,28,31)(H,32,33)/t15-,17-,22?. The summed E-state index contributed by atoms with van der Waals surface area (Å²) in [4.78, 5) is 44.7. The van der Waals surface area contributed by atoms with Gasteiger partial charge in [-0.3, -0.25) is 14.5 Å². The number of Topliss-reactive ketones (excluding diaryl/α,β-unsaturated/α-hetero) is 1. The molecule has 7 nitrogen and oxygen atoms in total. The predicted molar refractivity (Wildman–Crippen MR) is 139 cm³/mol. The van der Waals surface area contributed by atoms with Gasteiger partial charge in [0.25, 0.3) is 5.91 Å². The van der Waals surface area contributed by atoms with Crippen LogP contribution < -0.4 is 5.32 Å². The van der Waals surface area contributed by atoms with Gasteiger partial charge in [0.05, 0.1) is 11.6 Å². The highest BCUT2D eigenvalue weighted by atomic mass is 32.1. The third kappa shape index (κ3) is 5.69. The molecular formula is C26H29N3O4S2. The second kappa shape index (κ2) is 10.8. The molecule has 1 amide bonds. The van der Waals surface area contributed by atoms with Gasteiger partial charge >= 0.3 is 5.97 Å². The monoisotopic (exact) mass is 511 g/mol. The van der Waals surface area contributed by atoms with E-state index in [9.17, 15) is 19.5 Å². The fourth-order valence-electron chi connectivity index (χ4n) is 4.61. The number of carbonyl (C=O) groups excluding carboxylic acids is 2. The number of aromatic nitrogens is 1. The van der Waals surface area contributed by atoms with Crippen LogP contribution in [0.25, 0.3) is 10.4 Å². The number of carboxylic acid groups (broad SMARTS) is 1. The zero-order valence-electron chi connectivity index (χ0n) is 20.0. The Morgan fingerprint density at radius 1 is 1.11 bits per heavy atom. The minimum Gasteiger partial charge on any atom is -0.477 e. The number of thiazole rings is 1. The van der Waals surface area contributed by atoms with Gasteiger partial charge in [0.1, 0.15) is 10.6 Å². The van der Waals surface area contributed by atoms with E-state index in [2.05, 4.69) is 17.2 Å². The quantitative estimate of drug-likeness (QED) is 0.395. The maximum absolute atomic E-state index is 13.5. The van der Waals surface area contributed by atoms with Gasteiger partial charge in [0.15, 0.2) is 5.78 Å². The van der Waals surface area contributed by atoms with Crippen molar-refractivity contribution >= 4 is 46.0 Å². The number of benzene rings is 1. The average molecular weight is 512 g/mol. The number of hydrogen-bond acceptors (Lipinski definition) is 7. The Labute approximate surface area is 212 Å². The summed E-state index contributed by atoms with van der Waals surface area (Å²) in [6, 6.07) is 8.47. The van der Waals surface area contributed by atoms with Crippen molar-refractivity contribution in [1.29, 1.82) is 0 Å². The first-order valence-electron chi connectivity index (χ1n) is 11.6. The molecule has 0 radical (unpaired) electrons. The number of likely N-dealkylation sites (N-methyl/N-ethyl adjacent to an activating group) is 1. The summed E-state index contributed by atoms with van der Waals surface area (Å²) in [5, 5.41) is 14.4. The molecule has 2 aromatic heterocycles. The number of aromatic carboxylic acids is 1. The molecule has 1 saturated carbocycles. The highest BCUT2D eigenvalue weighted by Gasteiger charge is 2.35. The van der Waals surface area contributed by atoms with E-state index < -0.39 is 12.0 Å². The number of anilines is 1. The minimum absolute atomic E-state index is 0.0378. The van der Waals surface area contributed by atoms with Gasteiger partial charge in [-0.25, -0.2) is 9.78 Å². The van der Waals surface area contributed by atoms with E-state index in [1.807, 2.05) is 37.2 Å². The summed E-state index contributed by atoms with van der Waals surface area (Å²) in [6.45, 7) is 2.22. The Kier molecular flexibility index (Phi) is 7.78. The maximum Gasteiger partial charge on any atom is 0.346 e. The lowest BCUT2D eigenvalue weighted by atomic mass is 9.78. The van der Waals surface area contributed by atoms with Crippen LogP contribution in [0.2, 0.25) is 0 Å². The van der Waals surface area contributed by atoms with Crippen molar-refractivity contribution in [1.82, 2.24) is 9.88 Å². The number of nitrogens with zero attached hydrogens (tertiary/aromatic N) is 2. The summed E-state index contributed by atoms with van der Waals surface area (Å²) in [5.74, 6) is -0.609. The summed E-state index contributed by atoms with van der Waals surface area (Å²) < 4.78 is 0. The summed E-state index contributed by atoms with van der Waals surface area (Å²) in [5.41, 5.74) is 3.96. The van der Waals surface area contributed by atoms with Gasteiger partial charge < -0.3 is 10.4 Å². The van der Waals surface area contributed by atoms with E-state index in [1.54, 1.807) is 23.0 Å². The lowest BCUT2D eigenvalue weighted by Gasteiger charge is -2.31. The average Bonchev–Trinajstić information content (AvgIpc) is 3.51. The molecule has 1 aliphatic rings. The minimum atomic E-state index is -1.03. The van der Waals surface area contributed by atoms with Crippen LogP contribution in [0.15, 0.2) is 41.2 Å². The Morgan fingerprint density at radius 3 is 2.37 bits per heavy atom. The first-order valence-corrected chi connectivity index (χ1v) is 13.4. The molecule has 0 aliphatic heterocycles. The first kappa shape index (κ1) is 25.2. The SMILES string of the molecule is CN(C)C(c1cc(-c2ccc(NC(=O)c3cscn3)cc2)sc1C(=O)O)C(=O)[C@H]1CC[C@H](C)CC1. The van der Waals surface area contributed by atoms with E-state index in [4.69, 9.17) is 0 Å². The topological polar surface area (TPSA) is 99.6 Å². The number of ketones is 1. The molecule has 4 rings (SSSR count). The van der Waals surface area contributed by atoms with Crippen LogP contribution in [0.3, 0.4) is 0 Å². The second-order valence-electron chi connectivity index (χ2n) is 9.33. The van der Waals surface area contributed by atoms with Gasteiger partial charge in [0, 0.05) is 27.4 Å². The zero-order valence-corrected chi connectivity index (χ0v) is 21.6. The van der Waals surface area contributed by atoms with Crippen molar-refractivity contribution in [2.75, 3.05) is 19.4 Å². The van der Waals surface area contributed by atoms with Gasteiger partial charge in [-0.05, 0) is 56.6 Å². The predicted octanol–water partition coefficient (Wildman–Crippen LogP) is 5.82. The number of carboxylic acids is 1.